The monoisotopic (exact) mass is 508 g/mol. The Balaban J connectivity index is 1.89. The van der Waals surface area contributed by atoms with Crippen LogP contribution in [-0.4, -0.2) is 72.2 Å². The molecular weight excluding hydrogens is 476 g/mol. The molecule has 0 aromatic heterocycles. The van der Waals surface area contributed by atoms with Crippen LogP contribution in [0.2, 0.25) is 5.02 Å². The summed E-state index contributed by atoms with van der Waals surface area (Å²) in [5.41, 5.74) is 0.478. The predicted octanol–water partition coefficient (Wildman–Crippen LogP) is 3.98. The highest BCUT2D eigenvalue weighted by atomic mass is 35.5. The SMILES string of the molecule is COC1CC/C=C/CCOC(=O)c2c(O)cc(O)c(Cl)c2C/C(=N/OCC(=O)N2CCCCC2)C1. The Hall–Kier alpha value is -2.78. The normalized spacial score (nSPS) is 22.1. The number of likely N-dealkylation sites (tertiary alicyclic amines) is 1. The lowest BCUT2D eigenvalue weighted by Gasteiger charge is -2.26. The maximum absolute atomic E-state index is 12.8. The summed E-state index contributed by atoms with van der Waals surface area (Å²) in [6.45, 7) is 1.34. The number of amides is 1. The number of hydrogen-bond donors (Lipinski definition) is 2. The number of phenolic OH excluding ortho intramolecular Hbond substituents is 2. The predicted molar refractivity (Wildman–Crippen MR) is 131 cm³/mol. The van der Waals surface area contributed by atoms with E-state index in [0.717, 1.165) is 31.7 Å². The molecular formula is C25H33ClN2O7. The molecule has 2 aliphatic heterocycles. The second-order valence-corrected chi connectivity index (χ2v) is 9.04. The Bertz CT molecular complexity index is 958. The number of phenols is 2. The van der Waals surface area contributed by atoms with E-state index in [1.807, 2.05) is 12.2 Å². The molecule has 1 aromatic carbocycles. The van der Waals surface area contributed by atoms with Crippen molar-refractivity contribution in [2.24, 2.45) is 5.16 Å². The van der Waals surface area contributed by atoms with Gasteiger partial charge in [-0.25, -0.2) is 4.79 Å². The Kier molecular flexibility index (Phi) is 10.2. The molecule has 0 aliphatic carbocycles. The van der Waals surface area contributed by atoms with E-state index in [4.69, 9.17) is 25.9 Å². The van der Waals surface area contributed by atoms with E-state index in [-0.39, 0.29) is 53.5 Å². The molecule has 1 aromatic rings. The van der Waals surface area contributed by atoms with E-state index in [1.165, 1.54) is 0 Å². The summed E-state index contributed by atoms with van der Waals surface area (Å²) in [5.74, 6) is -1.71. The lowest BCUT2D eigenvalue weighted by Crippen LogP contribution is -2.37. The highest BCUT2D eigenvalue weighted by Crippen LogP contribution is 2.37. The van der Waals surface area contributed by atoms with Crippen molar-refractivity contribution in [1.82, 2.24) is 4.90 Å². The minimum absolute atomic E-state index is 0.0150. The van der Waals surface area contributed by atoms with Crippen LogP contribution in [0.4, 0.5) is 0 Å². The fourth-order valence-electron chi connectivity index (χ4n) is 4.21. The van der Waals surface area contributed by atoms with Gasteiger partial charge >= 0.3 is 5.97 Å². The molecule has 192 valence electrons. The lowest BCUT2D eigenvalue weighted by molar-refractivity contribution is -0.137. The van der Waals surface area contributed by atoms with Crippen LogP contribution in [0.15, 0.2) is 23.4 Å². The molecule has 0 radical (unpaired) electrons. The van der Waals surface area contributed by atoms with Crippen molar-refractivity contribution in [2.45, 2.75) is 57.5 Å². The number of oxime groups is 1. The van der Waals surface area contributed by atoms with Gasteiger partial charge in [0.15, 0.2) is 6.61 Å². The molecule has 1 atom stereocenters. The molecule has 10 heteroatoms. The third-order valence-corrected chi connectivity index (χ3v) is 6.55. The summed E-state index contributed by atoms with van der Waals surface area (Å²) in [6, 6.07) is 1.01. The van der Waals surface area contributed by atoms with Crippen LogP contribution in [0.5, 0.6) is 11.5 Å². The number of nitrogens with zero attached hydrogens (tertiary/aromatic N) is 2. The van der Waals surface area contributed by atoms with E-state index < -0.39 is 11.7 Å². The lowest BCUT2D eigenvalue weighted by atomic mass is 9.96. The quantitative estimate of drug-likeness (QED) is 0.359. The van der Waals surface area contributed by atoms with Crippen molar-refractivity contribution >= 4 is 29.2 Å². The molecule has 2 heterocycles. The van der Waals surface area contributed by atoms with Crippen LogP contribution < -0.4 is 0 Å². The van der Waals surface area contributed by atoms with Gasteiger partial charge in [0.1, 0.15) is 17.1 Å². The molecule has 1 unspecified atom stereocenters. The van der Waals surface area contributed by atoms with Gasteiger partial charge in [0.2, 0.25) is 0 Å². The Morgan fingerprint density at radius 1 is 1.20 bits per heavy atom. The number of fused-ring (bicyclic) bond motifs is 1. The van der Waals surface area contributed by atoms with E-state index >= 15 is 0 Å². The molecule has 35 heavy (non-hydrogen) atoms. The van der Waals surface area contributed by atoms with Crippen LogP contribution in [0, 0.1) is 0 Å². The van der Waals surface area contributed by atoms with Crippen molar-refractivity contribution < 1.29 is 34.1 Å². The molecule has 1 saturated heterocycles. The number of rotatable bonds is 4. The summed E-state index contributed by atoms with van der Waals surface area (Å²) in [5, 5.41) is 24.7. The maximum Gasteiger partial charge on any atom is 0.342 e. The van der Waals surface area contributed by atoms with E-state index in [9.17, 15) is 19.8 Å². The third kappa shape index (κ3) is 7.60. The van der Waals surface area contributed by atoms with Crippen molar-refractivity contribution in [2.75, 3.05) is 33.4 Å². The fraction of sp³-hybridized carbons (Fsp3) is 0.560. The number of methoxy groups -OCH3 is 1. The number of cyclic esters (lactones) is 1. The van der Waals surface area contributed by atoms with Crippen LogP contribution in [0.3, 0.4) is 0 Å². The second-order valence-electron chi connectivity index (χ2n) is 8.67. The van der Waals surface area contributed by atoms with E-state index in [2.05, 4.69) is 5.16 Å². The summed E-state index contributed by atoms with van der Waals surface area (Å²) in [6.07, 6.45) is 9.09. The summed E-state index contributed by atoms with van der Waals surface area (Å²) in [4.78, 5) is 32.4. The van der Waals surface area contributed by atoms with Gasteiger partial charge < -0.3 is 29.4 Å². The van der Waals surface area contributed by atoms with Crippen molar-refractivity contribution in [3.8, 4) is 11.5 Å². The number of carbonyl (C=O) groups is 2. The standard InChI is InChI=1S/C25H33ClN2O7/c1-33-18-9-5-2-3-8-12-34-25(32)23-19(24(26)21(30)15-20(23)29)14-17(13-18)27-35-16-22(31)28-10-6-4-7-11-28/h2-3,15,18,29-30H,4-14,16H2,1H3/b3-2+,27-17+. The number of allylic oxidation sites excluding steroid dienone is 1. The number of carbonyl (C=O) groups excluding carboxylic acids is 2. The number of piperidine rings is 1. The van der Waals surface area contributed by atoms with Crippen LogP contribution in [0.1, 0.15) is 60.9 Å². The average molecular weight is 509 g/mol. The van der Waals surface area contributed by atoms with Gasteiger partial charge in [-0.3, -0.25) is 4.79 Å². The number of benzene rings is 1. The van der Waals surface area contributed by atoms with Gasteiger partial charge in [0.05, 0.1) is 23.4 Å². The minimum Gasteiger partial charge on any atom is -0.507 e. The third-order valence-electron chi connectivity index (χ3n) is 6.13. The van der Waals surface area contributed by atoms with Crippen molar-refractivity contribution in [1.29, 1.82) is 0 Å². The molecule has 1 fully saturated rings. The van der Waals surface area contributed by atoms with Crippen molar-refractivity contribution in [3.63, 3.8) is 0 Å². The van der Waals surface area contributed by atoms with E-state index in [0.29, 0.717) is 38.1 Å². The molecule has 0 saturated carbocycles. The van der Waals surface area contributed by atoms with Crippen LogP contribution in [-0.2, 0) is 25.5 Å². The summed E-state index contributed by atoms with van der Waals surface area (Å²) >= 11 is 6.35. The van der Waals surface area contributed by atoms with Crippen LogP contribution in [0.25, 0.3) is 0 Å². The first-order valence-corrected chi connectivity index (χ1v) is 12.3. The topological polar surface area (TPSA) is 118 Å². The highest BCUT2D eigenvalue weighted by Gasteiger charge is 2.26. The fourth-order valence-corrected chi connectivity index (χ4v) is 4.43. The van der Waals surface area contributed by atoms with Crippen LogP contribution >= 0.6 is 11.6 Å². The van der Waals surface area contributed by atoms with Gasteiger partial charge in [-0.1, -0.05) is 28.9 Å². The number of ether oxygens (including phenoxy) is 2. The zero-order chi connectivity index (χ0) is 25.2. The smallest absolute Gasteiger partial charge is 0.342 e. The molecule has 0 spiro atoms. The first-order valence-electron chi connectivity index (χ1n) is 11.9. The van der Waals surface area contributed by atoms with Gasteiger partial charge in [-0.05, 0) is 44.1 Å². The molecule has 0 bridgehead atoms. The van der Waals surface area contributed by atoms with Gasteiger partial charge in [-0.15, -0.1) is 0 Å². The molecule has 3 rings (SSSR count). The minimum atomic E-state index is -0.756. The zero-order valence-electron chi connectivity index (χ0n) is 20.0. The van der Waals surface area contributed by atoms with Gasteiger partial charge in [0.25, 0.3) is 5.91 Å². The molecule has 9 nitrogen and oxygen atoms in total. The largest absolute Gasteiger partial charge is 0.507 e. The molecule has 1 amide bonds. The number of halogens is 1. The van der Waals surface area contributed by atoms with Crippen molar-refractivity contribution in [3.05, 3.63) is 34.4 Å². The maximum atomic E-state index is 12.8. The highest BCUT2D eigenvalue weighted by molar-refractivity contribution is 6.33. The Morgan fingerprint density at radius 2 is 1.94 bits per heavy atom. The van der Waals surface area contributed by atoms with E-state index in [1.54, 1.807) is 12.0 Å². The summed E-state index contributed by atoms with van der Waals surface area (Å²) < 4.78 is 10.9. The Labute approximate surface area is 210 Å². The second kappa shape index (κ2) is 13.3. The number of aromatic hydroxyl groups is 2. The first kappa shape index (κ1) is 26.8. The molecule has 2 N–H and O–H groups in total. The zero-order valence-corrected chi connectivity index (χ0v) is 20.8. The number of hydrogen-bond acceptors (Lipinski definition) is 8. The summed E-state index contributed by atoms with van der Waals surface area (Å²) in [7, 11) is 1.60. The first-order chi connectivity index (χ1) is 16.9. The average Bonchev–Trinajstić information content (AvgIpc) is 2.85. The molecule has 2 aliphatic rings. The number of esters is 1. The van der Waals surface area contributed by atoms with Gasteiger partial charge in [0, 0.05) is 39.1 Å². The Morgan fingerprint density at radius 3 is 2.69 bits per heavy atom. The van der Waals surface area contributed by atoms with Gasteiger partial charge in [-0.2, -0.15) is 0 Å².